The predicted octanol–water partition coefficient (Wildman–Crippen LogP) is -0.883. The van der Waals surface area contributed by atoms with E-state index in [0.29, 0.717) is 32.6 Å². The van der Waals surface area contributed by atoms with Gasteiger partial charge < -0.3 is 15.7 Å². The molecule has 0 radical (unpaired) electrons. The molecular weight excluding hydrogens is 262 g/mol. The topological polar surface area (TPSA) is 104 Å². The normalized spacial score (nSPS) is 27.5. The Kier molecular flexibility index (Phi) is 4.59. The minimum absolute atomic E-state index is 0.0398. The van der Waals surface area contributed by atoms with Crippen molar-refractivity contribution in [3.8, 4) is 0 Å². The van der Waals surface area contributed by atoms with Gasteiger partial charge in [-0.1, -0.05) is 0 Å². The summed E-state index contributed by atoms with van der Waals surface area (Å²) in [5, 5.41) is 8.94. The highest BCUT2D eigenvalue weighted by Gasteiger charge is 2.32. The monoisotopic (exact) mass is 283 g/mol. The molecule has 2 fully saturated rings. The molecule has 3 N–H and O–H groups in total. The Morgan fingerprint density at radius 2 is 1.85 bits per heavy atom. The largest absolute Gasteiger partial charge is 0.481 e. The van der Waals surface area contributed by atoms with Crippen LogP contribution >= 0.6 is 0 Å². The van der Waals surface area contributed by atoms with Gasteiger partial charge in [0.25, 0.3) is 0 Å². The number of primary amides is 1. The van der Waals surface area contributed by atoms with E-state index >= 15 is 0 Å². The maximum atomic E-state index is 12.2. The van der Waals surface area contributed by atoms with Crippen molar-refractivity contribution in [1.29, 1.82) is 0 Å². The van der Waals surface area contributed by atoms with Gasteiger partial charge in [0, 0.05) is 19.6 Å². The van der Waals surface area contributed by atoms with Gasteiger partial charge in [0.05, 0.1) is 18.4 Å². The van der Waals surface area contributed by atoms with Crippen molar-refractivity contribution in [2.75, 3.05) is 32.7 Å². The van der Waals surface area contributed by atoms with E-state index in [1.54, 1.807) is 4.90 Å². The number of piperidine rings is 1. The molecule has 20 heavy (non-hydrogen) atoms. The lowest BCUT2D eigenvalue weighted by molar-refractivity contribution is -0.142. The van der Waals surface area contributed by atoms with Crippen LogP contribution in [0.4, 0.5) is 0 Å². The lowest BCUT2D eigenvalue weighted by Crippen LogP contribution is -2.47. The van der Waals surface area contributed by atoms with E-state index in [1.807, 2.05) is 4.90 Å². The molecule has 0 aromatic heterocycles. The molecule has 0 saturated carbocycles. The second-order valence-electron chi connectivity index (χ2n) is 5.64. The maximum Gasteiger partial charge on any atom is 0.307 e. The number of carbonyl (C=O) groups is 3. The third kappa shape index (κ3) is 3.47. The Hall–Kier alpha value is -1.63. The van der Waals surface area contributed by atoms with Crippen LogP contribution in [0, 0.1) is 11.8 Å². The number of hydrogen-bond acceptors (Lipinski definition) is 4. The molecule has 2 aliphatic rings. The van der Waals surface area contributed by atoms with Crippen LogP contribution in [0.15, 0.2) is 0 Å². The summed E-state index contributed by atoms with van der Waals surface area (Å²) in [6, 6.07) is 0. The Morgan fingerprint density at radius 1 is 1.10 bits per heavy atom. The Balaban J connectivity index is 1.83. The van der Waals surface area contributed by atoms with Gasteiger partial charge >= 0.3 is 5.97 Å². The molecule has 0 aromatic rings. The maximum absolute atomic E-state index is 12.2. The third-order valence-corrected chi connectivity index (χ3v) is 4.16. The van der Waals surface area contributed by atoms with E-state index in [4.69, 9.17) is 10.8 Å². The van der Waals surface area contributed by atoms with Gasteiger partial charge in [0.1, 0.15) is 0 Å². The molecular formula is C13H21N3O4. The number of aliphatic carboxylic acids is 1. The van der Waals surface area contributed by atoms with Crippen LogP contribution in [0.3, 0.4) is 0 Å². The second kappa shape index (κ2) is 6.21. The average Bonchev–Trinajstić information content (AvgIpc) is 2.87. The first-order valence-corrected chi connectivity index (χ1v) is 6.99. The van der Waals surface area contributed by atoms with E-state index in [9.17, 15) is 14.4 Å². The number of nitrogens with two attached hydrogens (primary N) is 1. The highest BCUT2D eigenvalue weighted by atomic mass is 16.4. The second-order valence-corrected chi connectivity index (χ2v) is 5.64. The van der Waals surface area contributed by atoms with Gasteiger partial charge in [-0.25, -0.2) is 0 Å². The van der Waals surface area contributed by atoms with Gasteiger partial charge in [-0.15, -0.1) is 0 Å². The van der Waals surface area contributed by atoms with Crippen LogP contribution in [-0.2, 0) is 14.4 Å². The summed E-state index contributed by atoms with van der Waals surface area (Å²) in [4.78, 5) is 37.8. The molecule has 7 heteroatoms. The molecule has 7 nitrogen and oxygen atoms in total. The summed E-state index contributed by atoms with van der Waals surface area (Å²) in [7, 11) is 0. The highest BCUT2D eigenvalue weighted by Crippen LogP contribution is 2.19. The van der Waals surface area contributed by atoms with Crippen molar-refractivity contribution in [2.45, 2.75) is 19.3 Å². The van der Waals surface area contributed by atoms with Crippen molar-refractivity contribution in [3.05, 3.63) is 0 Å². The molecule has 2 unspecified atom stereocenters. The Labute approximate surface area is 117 Å². The van der Waals surface area contributed by atoms with Crippen molar-refractivity contribution >= 4 is 17.8 Å². The van der Waals surface area contributed by atoms with E-state index in [0.717, 1.165) is 12.8 Å². The first-order chi connectivity index (χ1) is 9.47. The summed E-state index contributed by atoms with van der Waals surface area (Å²) >= 11 is 0. The Morgan fingerprint density at radius 3 is 2.45 bits per heavy atom. The lowest BCUT2D eigenvalue weighted by Gasteiger charge is -2.32. The Bertz CT molecular complexity index is 412. The van der Waals surface area contributed by atoms with E-state index in [1.165, 1.54) is 0 Å². The van der Waals surface area contributed by atoms with Crippen molar-refractivity contribution in [2.24, 2.45) is 17.6 Å². The van der Waals surface area contributed by atoms with Crippen LogP contribution in [0.2, 0.25) is 0 Å². The molecule has 2 atom stereocenters. The zero-order chi connectivity index (χ0) is 14.7. The fraction of sp³-hybridized carbons (Fsp3) is 0.769. The van der Waals surface area contributed by atoms with Crippen LogP contribution < -0.4 is 5.73 Å². The van der Waals surface area contributed by atoms with E-state index in [-0.39, 0.29) is 30.2 Å². The lowest BCUT2D eigenvalue weighted by atomic mass is 9.97. The molecule has 0 aromatic carbocycles. The predicted molar refractivity (Wildman–Crippen MR) is 70.7 cm³/mol. The van der Waals surface area contributed by atoms with Crippen molar-refractivity contribution < 1.29 is 19.5 Å². The van der Waals surface area contributed by atoms with Gasteiger partial charge in [-0.3, -0.25) is 19.3 Å². The molecule has 112 valence electrons. The fourth-order valence-corrected chi connectivity index (χ4v) is 2.91. The van der Waals surface area contributed by atoms with Crippen LogP contribution in [0.5, 0.6) is 0 Å². The smallest absolute Gasteiger partial charge is 0.307 e. The first kappa shape index (κ1) is 14.8. The first-order valence-electron chi connectivity index (χ1n) is 6.99. The molecule has 0 aliphatic carbocycles. The standard InChI is InChI=1S/C13H21N3O4/c14-12(18)9-2-1-4-16(7-9)11(17)8-15-5-3-10(6-15)13(19)20/h9-10H,1-8H2,(H2,14,18)(H,19,20). The zero-order valence-electron chi connectivity index (χ0n) is 11.5. The van der Waals surface area contributed by atoms with Crippen LogP contribution in [0.1, 0.15) is 19.3 Å². The zero-order valence-corrected chi connectivity index (χ0v) is 11.5. The number of amides is 2. The minimum atomic E-state index is -0.799. The molecule has 2 rings (SSSR count). The summed E-state index contributed by atoms with van der Waals surface area (Å²) < 4.78 is 0. The fourth-order valence-electron chi connectivity index (χ4n) is 2.91. The highest BCUT2D eigenvalue weighted by molar-refractivity contribution is 5.81. The number of hydrogen-bond donors (Lipinski definition) is 2. The average molecular weight is 283 g/mol. The summed E-state index contributed by atoms with van der Waals surface area (Å²) in [5.41, 5.74) is 5.29. The van der Waals surface area contributed by atoms with Gasteiger partial charge in [0.2, 0.25) is 11.8 Å². The third-order valence-electron chi connectivity index (χ3n) is 4.16. The quantitative estimate of drug-likeness (QED) is 0.697. The summed E-state index contributed by atoms with van der Waals surface area (Å²) in [6.45, 7) is 2.34. The number of carboxylic acid groups (broad SMARTS) is 1. The molecule has 2 saturated heterocycles. The molecule has 0 bridgehead atoms. The number of carboxylic acids is 1. The minimum Gasteiger partial charge on any atom is -0.481 e. The van der Waals surface area contributed by atoms with Crippen LogP contribution in [0.25, 0.3) is 0 Å². The van der Waals surface area contributed by atoms with E-state index in [2.05, 4.69) is 0 Å². The summed E-state index contributed by atoms with van der Waals surface area (Å²) in [5.74, 6) is -1.82. The number of likely N-dealkylation sites (tertiary alicyclic amines) is 2. The van der Waals surface area contributed by atoms with Gasteiger partial charge in [0.15, 0.2) is 0 Å². The van der Waals surface area contributed by atoms with Gasteiger partial charge in [-0.2, -0.15) is 0 Å². The number of nitrogens with zero attached hydrogens (tertiary/aromatic N) is 2. The van der Waals surface area contributed by atoms with Crippen LogP contribution in [-0.4, -0.2) is 65.4 Å². The molecule has 2 heterocycles. The number of carbonyl (C=O) groups excluding carboxylic acids is 2. The summed E-state index contributed by atoms with van der Waals surface area (Å²) in [6.07, 6.45) is 2.12. The molecule has 0 spiro atoms. The molecule has 2 amide bonds. The molecule has 2 aliphatic heterocycles. The van der Waals surface area contributed by atoms with Gasteiger partial charge in [-0.05, 0) is 25.8 Å². The van der Waals surface area contributed by atoms with Crippen molar-refractivity contribution in [1.82, 2.24) is 9.80 Å². The number of rotatable bonds is 4. The van der Waals surface area contributed by atoms with Crippen molar-refractivity contribution in [3.63, 3.8) is 0 Å². The SMILES string of the molecule is NC(=O)C1CCCN(C(=O)CN2CCC(C(=O)O)C2)C1. The van der Waals surface area contributed by atoms with E-state index < -0.39 is 5.97 Å².